The van der Waals surface area contributed by atoms with E-state index < -0.39 is 5.60 Å². The summed E-state index contributed by atoms with van der Waals surface area (Å²) in [5, 5.41) is 3.71. The van der Waals surface area contributed by atoms with Gasteiger partial charge in [0.2, 0.25) is 0 Å². The Bertz CT molecular complexity index is 362. The van der Waals surface area contributed by atoms with E-state index in [0.29, 0.717) is 12.0 Å². The number of ether oxygens (including phenoxy) is 1. The highest BCUT2D eigenvalue weighted by Crippen LogP contribution is 2.30. The molecular formula is C18H34N2O2. The lowest BCUT2D eigenvalue weighted by Crippen LogP contribution is -2.55. The number of amides is 1. The second-order valence-corrected chi connectivity index (χ2v) is 8.52. The van der Waals surface area contributed by atoms with Gasteiger partial charge in [-0.25, -0.2) is 4.79 Å². The zero-order chi connectivity index (χ0) is 16.3. The molecule has 0 radical (unpaired) electrons. The normalized spacial score (nSPS) is 26.9. The number of carbonyl (C=O) groups is 1. The number of nitrogens with zero attached hydrogens (tertiary/aromatic N) is 1. The predicted molar refractivity (Wildman–Crippen MR) is 89.9 cm³/mol. The Balaban J connectivity index is 1.58. The van der Waals surface area contributed by atoms with Crippen molar-refractivity contribution in [3.8, 4) is 0 Å². The van der Waals surface area contributed by atoms with E-state index in [1.54, 1.807) is 0 Å². The van der Waals surface area contributed by atoms with Gasteiger partial charge in [-0.3, -0.25) is 0 Å². The van der Waals surface area contributed by atoms with E-state index >= 15 is 0 Å². The molecule has 128 valence electrons. The van der Waals surface area contributed by atoms with Crippen molar-refractivity contribution >= 4 is 6.09 Å². The first-order chi connectivity index (χ1) is 10.2. The third-order valence-electron chi connectivity index (χ3n) is 5.02. The summed E-state index contributed by atoms with van der Waals surface area (Å²) in [5.74, 6) is 2.34. The topological polar surface area (TPSA) is 41.6 Å². The molecule has 1 saturated heterocycles. The number of nitrogens with one attached hydrogen (secondary N) is 1. The van der Waals surface area contributed by atoms with Gasteiger partial charge in [0, 0.05) is 31.6 Å². The molecule has 4 heteroatoms. The molecule has 4 nitrogen and oxygen atoms in total. The molecule has 1 amide bonds. The molecule has 0 spiro atoms. The van der Waals surface area contributed by atoms with E-state index in [1.165, 1.54) is 25.7 Å². The van der Waals surface area contributed by atoms with Crippen molar-refractivity contribution in [2.75, 3.05) is 19.6 Å². The number of hydrogen-bond acceptors (Lipinski definition) is 3. The van der Waals surface area contributed by atoms with Crippen LogP contribution in [0.15, 0.2) is 0 Å². The SMILES string of the molecule is CC(C)[C@H]1CC[C@H](NCC2CN(C(=O)OC(C)(C)C)C2)CC1. The monoisotopic (exact) mass is 310 g/mol. The third-order valence-corrected chi connectivity index (χ3v) is 5.02. The second kappa shape index (κ2) is 7.20. The molecule has 1 aliphatic heterocycles. The van der Waals surface area contributed by atoms with Crippen molar-refractivity contribution in [1.82, 2.24) is 10.2 Å². The van der Waals surface area contributed by atoms with Crippen molar-refractivity contribution in [3.63, 3.8) is 0 Å². The number of hydrogen-bond donors (Lipinski definition) is 1. The summed E-state index contributed by atoms with van der Waals surface area (Å²) in [6.45, 7) is 13.1. The molecule has 0 aromatic carbocycles. The van der Waals surface area contributed by atoms with Gasteiger partial charge < -0.3 is 15.0 Å². The molecule has 1 aliphatic carbocycles. The van der Waals surface area contributed by atoms with Crippen LogP contribution in [0.1, 0.15) is 60.3 Å². The predicted octanol–water partition coefficient (Wildman–Crippen LogP) is 3.66. The summed E-state index contributed by atoms with van der Waals surface area (Å²) in [4.78, 5) is 13.7. The van der Waals surface area contributed by atoms with Crippen LogP contribution in [-0.4, -0.2) is 42.3 Å². The summed E-state index contributed by atoms with van der Waals surface area (Å²) in [6, 6.07) is 0.686. The minimum atomic E-state index is -0.393. The fourth-order valence-electron chi connectivity index (χ4n) is 3.50. The van der Waals surface area contributed by atoms with Crippen molar-refractivity contribution in [1.29, 1.82) is 0 Å². The lowest BCUT2D eigenvalue weighted by atomic mass is 9.79. The zero-order valence-corrected chi connectivity index (χ0v) is 15.0. The van der Waals surface area contributed by atoms with Crippen LogP contribution in [-0.2, 0) is 4.74 Å². The van der Waals surface area contributed by atoms with Crippen molar-refractivity contribution < 1.29 is 9.53 Å². The molecular weight excluding hydrogens is 276 g/mol. The lowest BCUT2D eigenvalue weighted by Gasteiger charge is -2.41. The minimum Gasteiger partial charge on any atom is -0.444 e. The molecule has 1 saturated carbocycles. The van der Waals surface area contributed by atoms with E-state index in [4.69, 9.17) is 4.74 Å². The van der Waals surface area contributed by atoms with E-state index in [0.717, 1.165) is 31.5 Å². The van der Waals surface area contributed by atoms with Crippen LogP contribution >= 0.6 is 0 Å². The van der Waals surface area contributed by atoms with E-state index in [9.17, 15) is 4.79 Å². The molecule has 0 bridgehead atoms. The first kappa shape index (κ1) is 17.6. The number of likely N-dealkylation sites (tertiary alicyclic amines) is 1. The number of carbonyl (C=O) groups excluding carboxylic acids is 1. The summed E-state index contributed by atoms with van der Waals surface area (Å²) < 4.78 is 5.39. The molecule has 22 heavy (non-hydrogen) atoms. The Morgan fingerprint density at radius 1 is 1.18 bits per heavy atom. The van der Waals surface area contributed by atoms with Gasteiger partial charge in [0.05, 0.1) is 0 Å². The van der Waals surface area contributed by atoms with Gasteiger partial charge in [-0.2, -0.15) is 0 Å². The zero-order valence-electron chi connectivity index (χ0n) is 15.0. The summed E-state index contributed by atoms with van der Waals surface area (Å²) >= 11 is 0. The van der Waals surface area contributed by atoms with Crippen LogP contribution in [0.25, 0.3) is 0 Å². The Labute approximate surface area is 136 Å². The molecule has 0 aromatic heterocycles. The van der Waals surface area contributed by atoms with Gasteiger partial charge in [0.25, 0.3) is 0 Å². The van der Waals surface area contributed by atoms with Crippen LogP contribution in [0, 0.1) is 17.8 Å². The summed E-state index contributed by atoms with van der Waals surface area (Å²) in [5.41, 5.74) is -0.393. The Morgan fingerprint density at radius 2 is 1.77 bits per heavy atom. The molecule has 0 aromatic rings. The average Bonchev–Trinajstić information content (AvgIpc) is 2.35. The first-order valence-corrected chi connectivity index (χ1v) is 8.96. The van der Waals surface area contributed by atoms with Gasteiger partial charge >= 0.3 is 6.09 Å². The molecule has 0 atom stereocenters. The minimum absolute atomic E-state index is 0.166. The molecule has 1 N–H and O–H groups in total. The summed E-state index contributed by atoms with van der Waals surface area (Å²) in [7, 11) is 0. The molecule has 1 heterocycles. The second-order valence-electron chi connectivity index (χ2n) is 8.52. The Hall–Kier alpha value is -0.770. The van der Waals surface area contributed by atoms with Crippen LogP contribution in [0.2, 0.25) is 0 Å². The van der Waals surface area contributed by atoms with E-state index in [1.807, 2.05) is 25.7 Å². The van der Waals surface area contributed by atoms with Crippen LogP contribution in [0.3, 0.4) is 0 Å². The van der Waals surface area contributed by atoms with Gasteiger partial charge in [-0.15, -0.1) is 0 Å². The standard InChI is InChI=1S/C18H34N2O2/c1-13(2)15-6-8-16(9-7-15)19-10-14-11-20(12-14)17(21)22-18(3,4)5/h13-16,19H,6-12H2,1-5H3/t15-,16-. The first-order valence-electron chi connectivity index (χ1n) is 8.96. The maximum absolute atomic E-state index is 11.9. The Morgan fingerprint density at radius 3 is 2.27 bits per heavy atom. The molecule has 2 aliphatic rings. The van der Waals surface area contributed by atoms with Crippen molar-refractivity contribution in [2.24, 2.45) is 17.8 Å². The molecule has 0 unspecified atom stereocenters. The fraction of sp³-hybridized carbons (Fsp3) is 0.944. The van der Waals surface area contributed by atoms with Gasteiger partial charge in [0.1, 0.15) is 5.60 Å². The highest BCUT2D eigenvalue weighted by atomic mass is 16.6. The largest absolute Gasteiger partial charge is 0.444 e. The highest BCUT2D eigenvalue weighted by molar-refractivity contribution is 5.69. The van der Waals surface area contributed by atoms with Crippen molar-refractivity contribution in [2.45, 2.75) is 71.9 Å². The fourth-order valence-corrected chi connectivity index (χ4v) is 3.50. The number of rotatable bonds is 4. The highest BCUT2D eigenvalue weighted by Gasteiger charge is 2.34. The van der Waals surface area contributed by atoms with Gasteiger partial charge in [-0.05, 0) is 58.3 Å². The average molecular weight is 310 g/mol. The van der Waals surface area contributed by atoms with Gasteiger partial charge in [-0.1, -0.05) is 13.8 Å². The molecule has 2 rings (SSSR count). The van der Waals surface area contributed by atoms with Gasteiger partial charge in [0.15, 0.2) is 0 Å². The maximum atomic E-state index is 11.9. The van der Waals surface area contributed by atoms with E-state index in [-0.39, 0.29) is 6.09 Å². The smallest absolute Gasteiger partial charge is 0.410 e. The van der Waals surface area contributed by atoms with Crippen LogP contribution in [0.4, 0.5) is 4.79 Å². The van der Waals surface area contributed by atoms with E-state index in [2.05, 4.69) is 19.2 Å². The maximum Gasteiger partial charge on any atom is 0.410 e. The van der Waals surface area contributed by atoms with Crippen molar-refractivity contribution in [3.05, 3.63) is 0 Å². The Kier molecular flexibility index (Phi) is 5.76. The van der Waals surface area contributed by atoms with Crippen LogP contribution < -0.4 is 5.32 Å². The third kappa shape index (κ3) is 5.15. The quantitative estimate of drug-likeness (QED) is 0.861. The molecule has 2 fully saturated rings. The summed E-state index contributed by atoms with van der Waals surface area (Å²) in [6.07, 6.45) is 5.19. The lowest BCUT2D eigenvalue weighted by molar-refractivity contribution is -0.00130. The van der Waals surface area contributed by atoms with Crippen LogP contribution in [0.5, 0.6) is 0 Å².